The first-order valence-electron chi connectivity index (χ1n) is 8.60. The van der Waals surface area contributed by atoms with E-state index in [4.69, 9.17) is 4.74 Å². The summed E-state index contributed by atoms with van der Waals surface area (Å²) in [6.07, 6.45) is 0.543. The number of sulfonamides is 1. The molecule has 2 unspecified atom stereocenters. The third-order valence-corrected chi connectivity index (χ3v) is 5.79. The van der Waals surface area contributed by atoms with Crippen LogP contribution in [-0.4, -0.2) is 63.8 Å². The monoisotopic (exact) mass is 399 g/mol. The molecule has 10 heteroatoms. The summed E-state index contributed by atoms with van der Waals surface area (Å²) in [5, 5.41) is 11.9. The van der Waals surface area contributed by atoms with Crippen LogP contribution in [0.15, 0.2) is 29.2 Å². The van der Waals surface area contributed by atoms with E-state index in [1.165, 1.54) is 36.3 Å². The fraction of sp³-hybridized carbons (Fsp3) is 0.529. The number of nitrogens with one attached hydrogen (secondary N) is 2. The number of anilines is 1. The summed E-state index contributed by atoms with van der Waals surface area (Å²) in [6, 6.07) is 5.37. The molecule has 3 N–H and O–H groups in total. The van der Waals surface area contributed by atoms with E-state index in [-0.39, 0.29) is 30.5 Å². The van der Waals surface area contributed by atoms with Crippen molar-refractivity contribution in [3.05, 3.63) is 24.3 Å². The fourth-order valence-electron chi connectivity index (χ4n) is 2.98. The van der Waals surface area contributed by atoms with Gasteiger partial charge in [-0.15, -0.1) is 0 Å². The van der Waals surface area contributed by atoms with E-state index in [1.807, 2.05) is 6.92 Å². The van der Waals surface area contributed by atoms with Crippen molar-refractivity contribution in [1.82, 2.24) is 9.62 Å². The molecule has 1 aromatic rings. The van der Waals surface area contributed by atoms with Crippen molar-refractivity contribution in [2.45, 2.75) is 18.2 Å². The molecule has 0 spiro atoms. The van der Waals surface area contributed by atoms with Gasteiger partial charge in [0.05, 0.1) is 17.4 Å². The number of likely N-dealkylation sites (tertiary alicyclic amines) is 1. The number of carbonyl (C=O) groups excluding carboxylic acids is 1. The van der Waals surface area contributed by atoms with Crippen molar-refractivity contribution in [2.75, 3.05) is 38.7 Å². The van der Waals surface area contributed by atoms with E-state index >= 15 is 0 Å². The number of carboxylic acid groups (broad SMARTS) is 1. The Labute approximate surface area is 158 Å². The van der Waals surface area contributed by atoms with Crippen molar-refractivity contribution in [3.8, 4) is 0 Å². The Balaban J connectivity index is 1.99. The maximum Gasteiger partial charge on any atom is 0.321 e. The van der Waals surface area contributed by atoms with Gasteiger partial charge in [0, 0.05) is 32.4 Å². The van der Waals surface area contributed by atoms with Crippen molar-refractivity contribution >= 4 is 27.7 Å². The second-order valence-electron chi connectivity index (χ2n) is 6.63. The number of ether oxygens (including phenoxy) is 1. The van der Waals surface area contributed by atoms with E-state index < -0.39 is 27.9 Å². The molecule has 27 heavy (non-hydrogen) atoms. The predicted molar refractivity (Wildman–Crippen MR) is 99.0 cm³/mol. The van der Waals surface area contributed by atoms with Gasteiger partial charge in [-0.25, -0.2) is 17.9 Å². The number of nitrogens with zero attached hydrogens (tertiary/aromatic N) is 1. The Hall–Kier alpha value is -2.17. The van der Waals surface area contributed by atoms with Crippen LogP contribution in [0.4, 0.5) is 10.5 Å². The van der Waals surface area contributed by atoms with E-state index in [1.54, 1.807) is 0 Å². The van der Waals surface area contributed by atoms with Gasteiger partial charge in [0.2, 0.25) is 10.0 Å². The van der Waals surface area contributed by atoms with Crippen LogP contribution in [0.25, 0.3) is 0 Å². The lowest BCUT2D eigenvalue weighted by atomic mass is 9.91. The normalized spacial score (nSPS) is 20.3. The highest BCUT2D eigenvalue weighted by molar-refractivity contribution is 7.89. The standard InChI is InChI=1S/C17H25N3O6S/c1-12-9-13(16(21)22)11-20(10-12)17(23)19-14-3-5-15(6-4-14)27(24,25)18-7-8-26-2/h3-6,12-13,18H,7-11H2,1-2H3,(H,19,23)(H,21,22). The third-order valence-electron chi connectivity index (χ3n) is 4.31. The molecule has 1 aliphatic rings. The Morgan fingerprint density at radius 2 is 1.93 bits per heavy atom. The van der Waals surface area contributed by atoms with Crippen LogP contribution < -0.4 is 10.0 Å². The zero-order valence-electron chi connectivity index (χ0n) is 15.3. The lowest BCUT2D eigenvalue weighted by molar-refractivity contribution is -0.143. The van der Waals surface area contributed by atoms with Crippen molar-refractivity contribution < 1.29 is 27.9 Å². The Kier molecular flexibility index (Phi) is 7.17. The minimum absolute atomic E-state index is 0.0779. The second-order valence-corrected chi connectivity index (χ2v) is 8.39. The molecule has 9 nitrogen and oxygen atoms in total. The highest BCUT2D eigenvalue weighted by Crippen LogP contribution is 2.23. The summed E-state index contributed by atoms with van der Waals surface area (Å²) in [5.41, 5.74) is 0.431. The summed E-state index contributed by atoms with van der Waals surface area (Å²) >= 11 is 0. The van der Waals surface area contributed by atoms with Crippen LogP contribution in [0.5, 0.6) is 0 Å². The first-order chi connectivity index (χ1) is 12.7. The number of carboxylic acids is 1. The molecule has 0 radical (unpaired) electrons. The first kappa shape index (κ1) is 21.1. The van der Waals surface area contributed by atoms with Gasteiger partial charge < -0.3 is 20.1 Å². The van der Waals surface area contributed by atoms with Gasteiger partial charge in [0.15, 0.2) is 0 Å². The van der Waals surface area contributed by atoms with Gasteiger partial charge in [-0.05, 0) is 36.6 Å². The first-order valence-corrected chi connectivity index (χ1v) is 10.1. The highest BCUT2D eigenvalue weighted by atomic mass is 32.2. The SMILES string of the molecule is COCCNS(=O)(=O)c1ccc(NC(=O)N2CC(C)CC(C(=O)O)C2)cc1. The zero-order chi connectivity index (χ0) is 20.0. The summed E-state index contributed by atoms with van der Waals surface area (Å²) in [4.78, 5) is 25.2. The van der Waals surface area contributed by atoms with Gasteiger partial charge in [-0.1, -0.05) is 6.92 Å². The van der Waals surface area contributed by atoms with Crippen LogP contribution >= 0.6 is 0 Å². The van der Waals surface area contributed by atoms with Crippen molar-refractivity contribution in [3.63, 3.8) is 0 Å². The van der Waals surface area contributed by atoms with Crippen LogP contribution in [0.2, 0.25) is 0 Å². The fourth-order valence-corrected chi connectivity index (χ4v) is 3.99. The summed E-state index contributed by atoms with van der Waals surface area (Å²) in [7, 11) is -2.16. The number of urea groups is 1. The van der Waals surface area contributed by atoms with Gasteiger partial charge in [0.25, 0.3) is 0 Å². The molecule has 1 saturated heterocycles. The number of aliphatic carboxylic acids is 1. The van der Waals surface area contributed by atoms with Crippen LogP contribution in [0.3, 0.4) is 0 Å². The number of benzene rings is 1. The Morgan fingerprint density at radius 1 is 1.26 bits per heavy atom. The summed E-state index contributed by atoms with van der Waals surface area (Å²) < 4.78 is 31.4. The largest absolute Gasteiger partial charge is 0.481 e. The van der Waals surface area contributed by atoms with Gasteiger partial charge in [-0.2, -0.15) is 0 Å². The molecule has 0 bridgehead atoms. The average Bonchev–Trinajstić information content (AvgIpc) is 2.61. The average molecular weight is 399 g/mol. The maximum atomic E-state index is 12.4. The molecule has 1 heterocycles. The summed E-state index contributed by atoms with van der Waals surface area (Å²) in [5.74, 6) is -1.39. The molecule has 150 valence electrons. The smallest absolute Gasteiger partial charge is 0.321 e. The maximum absolute atomic E-state index is 12.4. The van der Waals surface area contributed by atoms with Gasteiger partial charge in [-0.3, -0.25) is 4.79 Å². The highest BCUT2D eigenvalue weighted by Gasteiger charge is 2.31. The van der Waals surface area contributed by atoms with Gasteiger partial charge in [0.1, 0.15) is 0 Å². The van der Waals surface area contributed by atoms with Gasteiger partial charge >= 0.3 is 12.0 Å². The Bertz CT molecular complexity index is 765. The molecule has 0 aromatic heterocycles. The van der Waals surface area contributed by atoms with Crippen molar-refractivity contribution in [1.29, 1.82) is 0 Å². The topological polar surface area (TPSA) is 125 Å². The number of carbonyl (C=O) groups is 2. The van der Waals surface area contributed by atoms with E-state index in [0.29, 0.717) is 18.7 Å². The minimum Gasteiger partial charge on any atom is -0.481 e. The van der Waals surface area contributed by atoms with E-state index in [0.717, 1.165) is 0 Å². The number of methoxy groups -OCH3 is 1. The zero-order valence-corrected chi connectivity index (χ0v) is 16.2. The molecule has 2 rings (SSSR count). The Morgan fingerprint density at radius 3 is 2.52 bits per heavy atom. The van der Waals surface area contributed by atoms with E-state index in [2.05, 4.69) is 10.0 Å². The van der Waals surface area contributed by atoms with E-state index in [9.17, 15) is 23.1 Å². The molecule has 1 aliphatic heterocycles. The molecular formula is C17H25N3O6S. The van der Waals surface area contributed by atoms with Crippen molar-refractivity contribution in [2.24, 2.45) is 11.8 Å². The summed E-state index contributed by atoms with van der Waals surface area (Å²) in [6.45, 7) is 2.96. The number of hydrogen-bond donors (Lipinski definition) is 3. The van der Waals surface area contributed by atoms with Crippen LogP contribution in [-0.2, 0) is 19.6 Å². The number of hydrogen-bond acceptors (Lipinski definition) is 5. The lowest BCUT2D eigenvalue weighted by Gasteiger charge is -2.34. The number of amides is 2. The minimum atomic E-state index is -3.64. The molecule has 0 saturated carbocycles. The quantitative estimate of drug-likeness (QED) is 0.592. The predicted octanol–water partition coefficient (Wildman–Crippen LogP) is 1.19. The molecular weight excluding hydrogens is 374 g/mol. The molecule has 2 amide bonds. The third kappa shape index (κ3) is 5.91. The number of rotatable bonds is 7. The van der Waals surface area contributed by atoms with Crippen LogP contribution in [0, 0.1) is 11.8 Å². The molecule has 2 atom stereocenters. The molecule has 0 aliphatic carbocycles. The van der Waals surface area contributed by atoms with Crippen LogP contribution in [0.1, 0.15) is 13.3 Å². The molecule has 1 aromatic carbocycles. The molecule has 1 fully saturated rings. The lowest BCUT2D eigenvalue weighted by Crippen LogP contribution is -2.47. The number of piperidine rings is 1. The second kappa shape index (κ2) is 9.16.